The minimum Gasteiger partial charge on any atom is -0.381 e. The second-order valence-electron chi connectivity index (χ2n) is 2.54. The summed E-state index contributed by atoms with van der Waals surface area (Å²) in [5.74, 6) is 0. The molecule has 0 aromatic heterocycles. The predicted molar refractivity (Wildman–Crippen MR) is 52.9 cm³/mol. The molecule has 66 valence electrons. The molecule has 0 atom stereocenters. The summed E-state index contributed by atoms with van der Waals surface area (Å²) in [4.78, 5) is 0. The van der Waals surface area contributed by atoms with Gasteiger partial charge in [0.25, 0.3) is 0 Å². The van der Waals surface area contributed by atoms with E-state index in [0.29, 0.717) is 0 Å². The van der Waals surface area contributed by atoms with Gasteiger partial charge in [0.15, 0.2) is 0 Å². The smallest absolute Gasteiger partial charge is 0.0931 e. The minimum absolute atomic E-state index is 0.0496. The van der Waals surface area contributed by atoms with Crippen LogP contribution in [0.1, 0.15) is 5.56 Å². The van der Waals surface area contributed by atoms with Crippen molar-refractivity contribution in [3.05, 3.63) is 34.3 Å². The number of aliphatic hydroxyl groups is 1. The SMILES string of the molecule is OCNCCc1cccc(Br)c1. The number of aliphatic hydroxyl groups excluding tert-OH is 1. The van der Waals surface area contributed by atoms with Crippen molar-refractivity contribution in [2.24, 2.45) is 0 Å². The van der Waals surface area contributed by atoms with Gasteiger partial charge in [0.1, 0.15) is 0 Å². The average molecular weight is 230 g/mol. The van der Waals surface area contributed by atoms with Crippen molar-refractivity contribution >= 4 is 15.9 Å². The number of rotatable bonds is 4. The van der Waals surface area contributed by atoms with Crippen LogP contribution in [0.25, 0.3) is 0 Å². The van der Waals surface area contributed by atoms with Crippen LogP contribution in [0.3, 0.4) is 0 Å². The van der Waals surface area contributed by atoms with E-state index in [4.69, 9.17) is 5.11 Å². The van der Waals surface area contributed by atoms with Gasteiger partial charge in [-0.1, -0.05) is 28.1 Å². The molecule has 0 saturated heterocycles. The molecule has 0 fully saturated rings. The highest BCUT2D eigenvalue weighted by atomic mass is 79.9. The van der Waals surface area contributed by atoms with Gasteiger partial charge in [-0.3, -0.25) is 5.32 Å². The molecule has 3 heteroatoms. The van der Waals surface area contributed by atoms with Gasteiger partial charge in [0, 0.05) is 11.0 Å². The Morgan fingerprint density at radius 1 is 1.42 bits per heavy atom. The van der Waals surface area contributed by atoms with Crippen LogP contribution >= 0.6 is 15.9 Å². The molecule has 0 aliphatic carbocycles. The molecule has 0 unspecified atom stereocenters. The van der Waals surface area contributed by atoms with E-state index >= 15 is 0 Å². The zero-order valence-electron chi connectivity index (χ0n) is 6.76. The van der Waals surface area contributed by atoms with E-state index in [1.165, 1.54) is 5.56 Å². The first-order valence-electron chi connectivity index (χ1n) is 3.89. The third-order valence-electron chi connectivity index (χ3n) is 1.59. The molecule has 0 radical (unpaired) electrons. The van der Waals surface area contributed by atoms with Crippen LogP contribution in [0.4, 0.5) is 0 Å². The van der Waals surface area contributed by atoms with Gasteiger partial charge >= 0.3 is 0 Å². The van der Waals surface area contributed by atoms with Crippen molar-refractivity contribution in [1.82, 2.24) is 5.32 Å². The van der Waals surface area contributed by atoms with E-state index in [9.17, 15) is 0 Å². The predicted octanol–water partition coefficient (Wildman–Crippen LogP) is 1.53. The van der Waals surface area contributed by atoms with Crippen molar-refractivity contribution in [3.8, 4) is 0 Å². The Hall–Kier alpha value is -0.380. The first-order chi connectivity index (χ1) is 5.83. The monoisotopic (exact) mass is 229 g/mol. The third kappa shape index (κ3) is 3.34. The van der Waals surface area contributed by atoms with Crippen LogP contribution in [0.2, 0.25) is 0 Å². The minimum atomic E-state index is 0.0496. The molecule has 0 heterocycles. The topological polar surface area (TPSA) is 32.3 Å². The number of hydrogen-bond donors (Lipinski definition) is 2. The molecule has 0 aliphatic rings. The lowest BCUT2D eigenvalue weighted by Crippen LogP contribution is -2.17. The Morgan fingerprint density at radius 2 is 2.25 bits per heavy atom. The maximum atomic E-state index is 8.48. The van der Waals surface area contributed by atoms with E-state index in [0.717, 1.165) is 17.4 Å². The molecule has 0 saturated carbocycles. The molecular formula is C9H12BrNO. The number of halogens is 1. The van der Waals surface area contributed by atoms with Crippen LogP contribution in [-0.4, -0.2) is 18.4 Å². The molecular weight excluding hydrogens is 218 g/mol. The van der Waals surface area contributed by atoms with Gasteiger partial charge in [0.2, 0.25) is 0 Å². The Bertz CT molecular complexity index is 240. The van der Waals surface area contributed by atoms with Gasteiger partial charge in [-0.15, -0.1) is 0 Å². The van der Waals surface area contributed by atoms with E-state index in [1.807, 2.05) is 12.1 Å². The molecule has 1 aromatic rings. The summed E-state index contributed by atoms with van der Waals surface area (Å²) in [6, 6.07) is 8.17. The van der Waals surface area contributed by atoms with Crippen molar-refractivity contribution in [2.75, 3.05) is 13.3 Å². The van der Waals surface area contributed by atoms with Crippen LogP contribution in [0.5, 0.6) is 0 Å². The Morgan fingerprint density at radius 3 is 2.92 bits per heavy atom. The largest absolute Gasteiger partial charge is 0.381 e. The summed E-state index contributed by atoms with van der Waals surface area (Å²) in [6.07, 6.45) is 0.944. The van der Waals surface area contributed by atoms with Gasteiger partial charge < -0.3 is 5.11 Å². The second kappa shape index (κ2) is 5.30. The summed E-state index contributed by atoms with van der Waals surface area (Å²) >= 11 is 3.40. The fourth-order valence-electron chi connectivity index (χ4n) is 1.00. The maximum Gasteiger partial charge on any atom is 0.0931 e. The maximum absolute atomic E-state index is 8.48. The number of benzene rings is 1. The highest BCUT2D eigenvalue weighted by Crippen LogP contribution is 2.11. The van der Waals surface area contributed by atoms with E-state index in [2.05, 4.69) is 33.4 Å². The van der Waals surface area contributed by atoms with Crippen LogP contribution in [0.15, 0.2) is 28.7 Å². The lowest BCUT2D eigenvalue weighted by molar-refractivity contribution is 0.262. The fourth-order valence-corrected chi connectivity index (χ4v) is 1.45. The quantitative estimate of drug-likeness (QED) is 0.607. The lowest BCUT2D eigenvalue weighted by atomic mass is 10.1. The van der Waals surface area contributed by atoms with Crippen molar-refractivity contribution in [1.29, 1.82) is 0 Å². The van der Waals surface area contributed by atoms with Crippen molar-refractivity contribution in [3.63, 3.8) is 0 Å². The average Bonchev–Trinajstić information content (AvgIpc) is 2.05. The molecule has 1 rings (SSSR count). The standard InChI is InChI=1S/C9H12BrNO/c10-9-3-1-2-8(6-9)4-5-11-7-12/h1-3,6,11-12H,4-5,7H2. The summed E-state index contributed by atoms with van der Waals surface area (Å²) in [5, 5.41) is 11.3. The van der Waals surface area contributed by atoms with Crippen molar-refractivity contribution < 1.29 is 5.11 Å². The molecule has 2 nitrogen and oxygen atoms in total. The molecule has 1 aromatic carbocycles. The van der Waals surface area contributed by atoms with E-state index in [1.54, 1.807) is 0 Å². The highest BCUT2D eigenvalue weighted by Gasteiger charge is 1.92. The molecule has 2 N–H and O–H groups in total. The lowest BCUT2D eigenvalue weighted by Gasteiger charge is -2.01. The summed E-state index contributed by atoms with van der Waals surface area (Å²) in [5.41, 5.74) is 1.27. The second-order valence-corrected chi connectivity index (χ2v) is 3.45. The van der Waals surface area contributed by atoms with Crippen LogP contribution < -0.4 is 5.32 Å². The zero-order chi connectivity index (χ0) is 8.81. The molecule has 0 bridgehead atoms. The summed E-state index contributed by atoms with van der Waals surface area (Å²) < 4.78 is 1.10. The van der Waals surface area contributed by atoms with Crippen molar-refractivity contribution in [2.45, 2.75) is 6.42 Å². The first kappa shape index (κ1) is 9.71. The Labute approximate surface area is 80.7 Å². The Kier molecular flexibility index (Phi) is 4.29. The molecule has 0 amide bonds. The van der Waals surface area contributed by atoms with Crippen LogP contribution in [0, 0.1) is 0 Å². The number of nitrogens with one attached hydrogen (secondary N) is 1. The van der Waals surface area contributed by atoms with Gasteiger partial charge in [-0.25, -0.2) is 0 Å². The molecule has 0 aliphatic heterocycles. The first-order valence-corrected chi connectivity index (χ1v) is 4.68. The third-order valence-corrected chi connectivity index (χ3v) is 2.08. The van der Waals surface area contributed by atoms with E-state index < -0.39 is 0 Å². The van der Waals surface area contributed by atoms with Crippen LogP contribution in [-0.2, 0) is 6.42 Å². The van der Waals surface area contributed by atoms with Gasteiger partial charge in [-0.05, 0) is 24.1 Å². The van der Waals surface area contributed by atoms with Gasteiger partial charge in [0.05, 0.1) is 6.73 Å². The highest BCUT2D eigenvalue weighted by molar-refractivity contribution is 9.10. The van der Waals surface area contributed by atoms with Gasteiger partial charge in [-0.2, -0.15) is 0 Å². The van der Waals surface area contributed by atoms with E-state index in [-0.39, 0.29) is 6.73 Å². The molecule has 0 spiro atoms. The number of hydrogen-bond acceptors (Lipinski definition) is 2. The zero-order valence-corrected chi connectivity index (χ0v) is 8.34. The fraction of sp³-hybridized carbons (Fsp3) is 0.333. The Balaban J connectivity index is 2.41. The normalized spacial score (nSPS) is 10.2. The summed E-state index contributed by atoms with van der Waals surface area (Å²) in [6.45, 7) is 0.862. The molecule has 12 heavy (non-hydrogen) atoms. The summed E-state index contributed by atoms with van der Waals surface area (Å²) in [7, 11) is 0.